The predicted octanol–water partition coefficient (Wildman–Crippen LogP) is 3.18. The van der Waals surface area contributed by atoms with Gasteiger partial charge in [0.1, 0.15) is 5.82 Å². The van der Waals surface area contributed by atoms with Crippen molar-refractivity contribution >= 4 is 29.3 Å². The van der Waals surface area contributed by atoms with Crippen LogP contribution >= 0.6 is 0 Å². The molecule has 2 aromatic rings. The van der Waals surface area contributed by atoms with Crippen molar-refractivity contribution in [3.05, 3.63) is 48.2 Å². The van der Waals surface area contributed by atoms with E-state index in [0.29, 0.717) is 18.0 Å². The zero-order chi connectivity index (χ0) is 16.7. The van der Waals surface area contributed by atoms with E-state index < -0.39 is 6.09 Å². The molecule has 0 unspecified atom stereocenters. The summed E-state index contributed by atoms with van der Waals surface area (Å²) in [5, 5.41) is 5.60. The average molecular weight is 315 g/mol. The fraction of sp³-hybridized carbons (Fsp3) is 0.188. The number of benzene rings is 1. The maximum absolute atomic E-state index is 11.6. The van der Waals surface area contributed by atoms with Crippen molar-refractivity contribution in [3.63, 3.8) is 0 Å². The molecule has 0 atom stereocenters. The average Bonchev–Trinajstić information content (AvgIpc) is 2.57. The van der Waals surface area contributed by atoms with Gasteiger partial charge in [-0.25, -0.2) is 14.6 Å². The molecule has 1 aromatic carbocycles. The molecule has 2 N–H and O–H groups in total. The lowest BCUT2D eigenvalue weighted by Crippen LogP contribution is -2.11. The van der Waals surface area contributed by atoms with Crippen LogP contribution in [0.2, 0.25) is 0 Å². The number of hydrogen-bond donors (Lipinski definition) is 2. The first-order chi connectivity index (χ1) is 11.1. The van der Waals surface area contributed by atoms with Gasteiger partial charge in [-0.15, -0.1) is 0 Å². The third-order valence-corrected chi connectivity index (χ3v) is 2.86. The zero-order valence-electron chi connectivity index (χ0n) is 12.8. The van der Waals surface area contributed by atoms with Gasteiger partial charge in [-0.2, -0.15) is 0 Å². The summed E-state index contributed by atoms with van der Waals surface area (Å²) in [6.45, 7) is 2.11. The molecule has 0 aliphatic heterocycles. The molecule has 0 radical (unpaired) electrons. The molecule has 0 saturated carbocycles. The van der Waals surface area contributed by atoms with Crippen LogP contribution in [0.1, 0.15) is 17.3 Å². The number of esters is 1. The van der Waals surface area contributed by atoms with Crippen molar-refractivity contribution in [1.29, 1.82) is 0 Å². The van der Waals surface area contributed by atoms with Gasteiger partial charge in [-0.05, 0) is 43.3 Å². The highest BCUT2D eigenvalue weighted by Gasteiger charge is 2.06. The fourth-order valence-corrected chi connectivity index (χ4v) is 1.77. The third kappa shape index (κ3) is 4.70. The predicted molar refractivity (Wildman–Crippen MR) is 85.9 cm³/mol. The molecular weight excluding hydrogens is 298 g/mol. The molecule has 0 spiro atoms. The second kappa shape index (κ2) is 7.79. The van der Waals surface area contributed by atoms with Gasteiger partial charge in [0.2, 0.25) is 0 Å². The molecule has 2 rings (SSSR count). The number of methoxy groups -OCH3 is 1. The number of nitrogens with zero attached hydrogens (tertiary/aromatic N) is 1. The van der Waals surface area contributed by atoms with E-state index in [-0.39, 0.29) is 5.97 Å². The summed E-state index contributed by atoms with van der Waals surface area (Å²) in [7, 11) is 1.28. The molecule has 0 saturated heterocycles. The van der Waals surface area contributed by atoms with E-state index in [0.717, 1.165) is 11.4 Å². The third-order valence-electron chi connectivity index (χ3n) is 2.86. The van der Waals surface area contributed by atoms with Crippen LogP contribution in [0, 0.1) is 0 Å². The van der Waals surface area contributed by atoms with E-state index >= 15 is 0 Å². The Labute approximate surface area is 133 Å². The number of carbonyl (C=O) groups excluding carboxylic acids is 2. The number of hydrogen-bond acceptors (Lipinski definition) is 6. The minimum absolute atomic E-state index is 0.344. The van der Waals surface area contributed by atoms with Crippen LogP contribution in [0.15, 0.2) is 42.6 Å². The van der Waals surface area contributed by atoms with Crippen molar-refractivity contribution in [1.82, 2.24) is 4.98 Å². The molecular formula is C16H17N3O4. The summed E-state index contributed by atoms with van der Waals surface area (Å²) in [5.74, 6) is 0.0408. The number of anilines is 3. The van der Waals surface area contributed by atoms with Gasteiger partial charge in [-0.3, -0.25) is 5.32 Å². The monoisotopic (exact) mass is 315 g/mol. The topological polar surface area (TPSA) is 89.6 Å². The number of rotatable bonds is 5. The molecule has 1 aromatic heterocycles. The molecule has 7 heteroatoms. The molecule has 7 nitrogen and oxygen atoms in total. The first kappa shape index (κ1) is 16.3. The smallest absolute Gasteiger partial charge is 0.412 e. The van der Waals surface area contributed by atoms with Gasteiger partial charge < -0.3 is 14.8 Å². The Balaban J connectivity index is 1.99. The second-order valence-corrected chi connectivity index (χ2v) is 4.47. The second-order valence-electron chi connectivity index (χ2n) is 4.47. The number of nitrogens with one attached hydrogen (secondary N) is 2. The highest BCUT2D eigenvalue weighted by Crippen LogP contribution is 2.18. The van der Waals surface area contributed by atoms with Crippen LogP contribution in [0.3, 0.4) is 0 Å². The van der Waals surface area contributed by atoms with E-state index in [9.17, 15) is 9.59 Å². The van der Waals surface area contributed by atoms with Gasteiger partial charge >= 0.3 is 12.1 Å². The first-order valence-electron chi connectivity index (χ1n) is 6.97. The molecule has 1 amide bonds. The lowest BCUT2D eigenvalue weighted by molar-refractivity contribution is 0.0526. The van der Waals surface area contributed by atoms with Crippen molar-refractivity contribution in [3.8, 4) is 0 Å². The Morgan fingerprint density at radius 1 is 1.09 bits per heavy atom. The lowest BCUT2D eigenvalue weighted by atomic mass is 10.2. The molecule has 120 valence electrons. The maximum Gasteiger partial charge on any atom is 0.412 e. The van der Waals surface area contributed by atoms with Gasteiger partial charge in [0, 0.05) is 5.69 Å². The highest BCUT2D eigenvalue weighted by atomic mass is 16.5. The van der Waals surface area contributed by atoms with Crippen LogP contribution in [-0.2, 0) is 9.47 Å². The van der Waals surface area contributed by atoms with Crippen molar-refractivity contribution in [2.75, 3.05) is 24.4 Å². The van der Waals surface area contributed by atoms with E-state index in [2.05, 4.69) is 20.4 Å². The summed E-state index contributed by atoms with van der Waals surface area (Å²) in [6, 6.07) is 10.3. The van der Waals surface area contributed by atoms with Gasteiger partial charge in [0.15, 0.2) is 0 Å². The van der Waals surface area contributed by atoms with Crippen molar-refractivity contribution < 1.29 is 19.1 Å². The molecule has 23 heavy (non-hydrogen) atoms. The number of pyridine rings is 1. The molecule has 0 fully saturated rings. The van der Waals surface area contributed by atoms with Crippen LogP contribution in [-0.4, -0.2) is 30.8 Å². The van der Waals surface area contributed by atoms with Crippen LogP contribution in [0.5, 0.6) is 0 Å². The van der Waals surface area contributed by atoms with E-state index in [4.69, 9.17) is 4.74 Å². The number of ether oxygens (including phenoxy) is 2. The largest absolute Gasteiger partial charge is 0.462 e. The minimum atomic E-state index is -0.576. The molecule has 1 heterocycles. The number of aromatic nitrogens is 1. The first-order valence-corrected chi connectivity index (χ1v) is 6.97. The minimum Gasteiger partial charge on any atom is -0.462 e. The highest BCUT2D eigenvalue weighted by molar-refractivity contribution is 5.90. The molecule has 0 aliphatic rings. The number of amides is 1. The van der Waals surface area contributed by atoms with Gasteiger partial charge in [0.05, 0.1) is 31.2 Å². The quantitative estimate of drug-likeness (QED) is 0.824. The Bertz CT molecular complexity index is 669. The van der Waals surface area contributed by atoms with Gasteiger partial charge in [0.25, 0.3) is 0 Å². The van der Waals surface area contributed by atoms with E-state index in [1.54, 1.807) is 49.5 Å². The van der Waals surface area contributed by atoms with Crippen molar-refractivity contribution in [2.24, 2.45) is 0 Å². The zero-order valence-corrected chi connectivity index (χ0v) is 12.8. The normalized spacial score (nSPS) is 9.83. The fourth-order valence-electron chi connectivity index (χ4n) is 1.77. The lowest BCUT2D eigenvalue weighted by Gasteiger charge is -2.08. The summed E-state index contributed by atoms with van der Waals surface area (Å²) in [6.07, 6.45) is 0.998. The van der Waals surface area contributed by atoms with E-state index in [1.807, 2.05) is 0 Å². The standard InChI is InChI=1S/C16H17N3O4/c1-3-23-15(20)11-4-6-12(7-5-11)18-13-8-9-14(17-10-13)19-16(21)22-2/h4-10,18H,3H2,1-2H3,(H,17,19,21). The van der Waals surface area contributed by atoms with Crippen LogP contribution in [0.4, 0.5) is 22.0 Å². The Kier molecular flexibility index (Phi) is 5.51. The Morgan fingerprint density at radius 2 is 1.78 bits per heavy atom. The Morgan fingerprint density at radius 3 is 2.35 bits per heavy atom. The summed E-state index contributed by atoms with van der Waals surface area (Å²) in [5.41, 5.74) is 2.03. The summed E-state index contributed by atoms with van der Waals surface area (Å²) in [4.78, 5) is 26.7. The van der Waals surface area contributed by atoms with Crippen LogP contribution < -0.4 is 10.6 Å². The van der Waals surface area contributed by atoms with E-state index in [1.165, 1.54) is 7.11 Å². The van der Waals surface area contributed by atoms with Crippen molar-refractivity contribution in [2.45, 2.75) is 6.92 Å². The SMILES string of the molecule is CCOC(=O)c1ccc(Nc2ccc(NC(=O)OC)nc2)cc1. The Hall–Kier alpha value is -3.09. The number of carbonyl (C=O) groups is 2. The summed E-state index contributed by atoms with van der Waals surface area (Å²) < 4.78 is 9.41. The molecule has 0 bridgehead atoms. The molecule has 0 aliphatic carbocycles. The van der Waals surface area contributed by atoms with Gasteiger partial charge in [-0.1, -0.05) is 0 Å². The van der Waals surface area contributed by atoms with Crippen LogP contribution in [0.25, 0.3) is 0 Å². The summed E-state index contributed by atoms with van der Waals surface area (Å²) >= 11 is 0. The maximum atomic E-state index is 11.6.